The van der Waals surface area contributed by atoms with E-state index < -0.39 is 5.97 Å². The quantitative estimate of drug-likeness (QED) is 0.399. The third kappa shape index (κ3) is 3.16. The maximum atomic E-state index is 12.7. The van der Waals surface area contributed by atoms with Crippen LogP contribution < -0.4 is 10.3 Å². The zero-order valence-electron chi connectivity index (χ0n) is 15.2. The normalized spacial score (nSPS) is 10.9. The Labute approximate surface area is 159 Å². The molecule has 4 aromatic rings. The summed E-state index contributed by atoms with van der Waals surface area (Å²) in [5, 5.41) is 8.91. The Bertz CT molecular complexity index is 1230. The molecule has 28 heavy (non-hydrogen) atoms. The minimum Gasteiger partial charge on any atom is -0.422 e. The van der Waals surface area contributed by atoms with Gasteiger partial charge in [0.1, 0.15) is 5.75 Å². The summed E-state index contributed by atoms with van der Waals surface area (Å²) in [5.41, 5.74) is 0.587. The number of aromatic nitrogens is 4. The van der Waals surface area contributed by atoms with E-state index in [9.17, 15) is 9.59 Å². The molecule has 2 heterocycles. The van der Waals surface area contributed by atoms with E-state index in [-0.39, 0.29) is 11.3 Å². The number of carbonyl (C=O) groups is 1. The van der Waals surface area contributed by atoms with Gasteiger partial charge in [-0.25, -0.2) is 9.48 Å². The summed E-state index contributed by atoms with van der Waals surface area (Å²) in [6.07, 6.45) is 0. The van der Waals surface area contributed by atoms with Crippen LogP contribution in [0.2, 0.25) is 0 Å². The largest absolute Gasteiger partial charge is 0.422 e. The van der Waals surface area contributed by atoms with Crippen molar-refractivity contribution in [2.75, 3.05) is 0 Å². The molecule has 0 saturated heterocycles. The van der Waals surface area contributed by atoms with Gasteiger partial charge in [-0.2, -0.15) is 10.1 Å². The molecule has 0 N–H and O–H groups in total. The molecule has 0 fully saturated rings. The van der Waals surface area contributed by atoms with Gasteiger partial charge in [0.15, 0.2) is 5.69 Å². The van der Waals surface area contributed by atoms with Gasteiger partial charge < -0.3 is 9.26 Å². The van der Waals surface area contributed by atoms with Crippen molar-refractivity contribution in [1.29, 1.82) is 0 Å². The second-order valence-corrected chi connectivity index (χ2v) is 6.07. The number of rotatable bonds is 4. The summed E-state index contributed by atoms with van der Waals surface area (Å²) in [4.78, 5) is 29.3. The van der Waals surface area contributed by atoms with Crippen LogP contribution in [0.4, 0.5) is 0 Å². The van der Waals surface area contributed by atoms with E-state index in [2.05, 4.69) is 15.2 Å². The Balaban J connectivity index is 1.65. The lowest BCUT2D eigenvalue weighted by Gasteiger charge is -2.09. The topological polar surface area (TPSA) is 100 Å². The highest BCUT2D eigenvalue weighted by molar-refractivity contribution is 6.02. The zero-order chi connectivity index (χ0) is 19.7. The van der Waals surface area contributed by atoms with Crippen molar-refractivity contribution < 1.29 is 14.1 Å². The van der Waals surface area contributed by atoms with Crippen LogP contribution in [0.25, 0.3) is 22.2 Å². The van der Waals surface area contributed by atoms with Gasteiger partial charge >= 0.3 is 5.97 Å². The molecule has 0 bridgehead atoms. The molecule has 0 atom stereocenters. The van der Waals surface area contributed by atoms with E-state index >= 15 is 0 Å². The monoisotopic (exact) mass is 376 g/mol. The van der Waals surface area contributed by atoms with Crippen LogP contribution in [0, 0.1) is 6.92 Å². The average molecular weight is 376 g/mol. The molecule has 140 valence electrons. The third-order valence-electron chi connectivity index (χ3n) is 4.21. The van der Waals surface area contributed by atoms with Crippen LogP contribution in [0.15, 0.2) is 57.8 Å². The first-order chi connectivity index (χ1) is 13.6. The number of hydrogen-bond donors (Lipinski definition) is 0. The van der Waals surface area contributed by atoms with Crippen molar-refractivity contribution in [3.8, 4) is 17.1 Å². The highest BCUT2D eigenvalue weighted by Crippen LogP contribution is 2.21. The number of aryl methyl sites for hydroxylation is 2. The van der Waals surface area contributed by atoms with E-state index in [0.717, 1.165) is 5.56 Å². The second kappa shape index (κ2) is 7.07. The Hall–Kier alpha value is -3.81. The van der Waals surface area contributed by atoms with E-state index in [0.29, 0.717) is 34.8 Å². The molecule has 8 nitrogen and oxygen atoms in total. The Morgan fingerprint density at radius 3 is 2.46 bits per heavy atom. The Morgan fingerprint density at radius 1 is 1.11 bits per heavy atom. The first-order valence-corrected chi connectivity index (χ1v) is 8.69. The van der Waals surface area contributed by atoms with Crippen molar-refractivity contribution in [2.45, 2.75) is 20.4 Å². The van der Waals surface area contributed by atoms with Crippen LogP contribution in [-0.2, 0) is 6.54 Å². The second-order valence-electron chi connectivity index (χ2n) is 6.07. The first-order valence-electron chi connectivity index (χ1n) is 8.69. The molecule has 0 radical (unpaired) electrons. The van der Waals surface area contributed by atoms with E-state index in [4.69, 9.17) is 9.26 Å². The standard InChI is InChI=1S/C20H16N4O4/c1-3-24-19(25)16-7-5-4-6-15(16)17(22-24)20(26)27-14-10-8-13(9-11-14)18-21-12(2)28-23-18/h4-11H,3H2,1-2H3. The third-order valence-corrected chi connectivity index (χ3v) is 4.21. The maximum Gasteiger partial charge on any atom is 0.364 e. The fraction of sp³-hybridized carbons (Fsp3) is 0.150. The van der Waals surface area contributed by atoms with Crippen LogP contribution >= 0.6 is 0 Å². The van der Waals surface area contributed by atoms with Crippen molar-refractivity contribution >= 4 is 16.7 Å². The fourth-order valence-corrected chi connectivity index (χ4v) is 2.84. The van der Waals surface area contributed by atoms with Crippen molar-refractivity contribution in [3.63, 3.8) is 0 Å². The number of benzene rings is 2. The fourth-order valence-electron chi connectivity index (χ4n) is 2.84. The van der Waals surface area contributed by atoms with Gasteiger partial charge in [-0.15, -0.1) is 0 Å². The highest BCUT2D eigenvalue weighted by atomic mass is 16.5. The van der Waals surface area contributed by atoms with Crippen LogP contribution in [-0.4, -0.2) is 25.9 Å². The molecule has 0 amide bonds. The molecule has 0 unspecified atom stereocenters. The molecule has 4 rings (SSSR count). The Kier molecular flexibility index (Phi) is 4.44. The van der Waals surface area contributed by atoms with E-state index in [1.54, 1.807) is 62.4 Å². The number of hydrogen-bond acceptors (Lipinski definition) is 7. The molecule has 2 aromatic carbocycles. The Morgan fingerprint density at radius 2 is 1.82 bits per heavy atom. The van der Waals surface area contributed by atoms with Gasteiger partial charge in [0.05, 0.1) is 5.39 Å². The molecule has 0 aliphatic rings. The highest BCUT2D eigenvalue weighted by Gasteiger charge is 2.18. The minimum atomic E-state index is -0.637. The zero-order valence-corrected chi connectivity index (χ0v) is 15.2. The summed E-state index contributed by atoms with van der Waals surface area (Å²) in [6.45, 7) is 3.85. The molecule has 2 aromatic heterocycles. The summed E-state index contributed by atoms with van der Waals surface area (Å²) in [6, 6.07) is 13.6. The van der Waals surface area contributed by atoms with Crippen molar-refractivity contribution in [3.05, 3.63) is 70.5 Å². The molecule has 8 heteroatoms. The number of ether oxygens (including phenoxy) is 1. The van der Waals surface area contributed by atoms with Gasteiger partial charge in [-0.05, 0) is 37.3 Å². The van der Waals surface area contributed by atoms with E-state index in [1.165, 1.54) is 4.68 Å². The van der Waals surface area contributed by atoms with E-state index in [1.807, 2.05) is 0 Å². The summed E-state index contributed by atoms with van der Waals surface area (Å²) in [7, 11) is 0. The molecular formula is C20H16N4O4. The maximum absolute atomic E-state index is 12.7. The summed E-state index contributed by atoms with van der Waals surface area (Å²) < 4.78 is 11.7. The van der Waals surface area contributed by atoms with Gasteiger partial charge in [0.2, 0.25) is 11.7 Å². The average Bonchev–Trinajstić information content (AvgIpc) is 3.15. The van der Waals surface area contributed by atoms with Crippen LogP contribution in [0.5, 0.6) is 5.75 Å². The number of nitrogens with zero attached hydrogens (tertiary/aromatic N) is 4. The lowest BCUT2D eigenvalue weighted by molar-refractivity contribution is 0.0728. The van der Waals surface area contributed by atoms with Crippen molar-refractivity contribution in [2.24, 2.45) is 0 Å². The summed E-state index contributed by atoms with van der Waals surface area (Å²) >= 11 is 0. The lowest BCUT2D eigenvalue weighted by Crippen LogP contribution is -2.26. The molecular weight excluding hydrogens is 360 g/mol. The number of fused-ring (bicyclic) bond motifs is 1. The van der Waals surface area contributed by atoms with Crippen molar-refractivity contribution in [1.82, 2.24) is 19.9 Å². The molecule has 0 spiro atoms. The smallest absolute Gasteiger partial charge is 0.364 e. The predicted octanol–water partition coefficient (Wildman–Crippen LogP) is 2.99. The van der Waals surface area contributed by atoms with Gasteiger partial charge in [0.25, 0.3) is 5.56 Å². The van der Waals surface area contributed by atoms with Gasteiger partial charge in [-0.1, -0.05) is 23.4 Å². The van der Waals surface area contributed by atoms with Gasteiger partial charge in [-0.3, -0.25) is 4.79 Å². The van der Waals surface area contributed by atoms with Gasteiger partial charge in [0, 0.05) is 24.4 Å². The number of carbonyl (C=O) groups excluding carboxylic acids is 1. The SMILES string of the molecule is CCn1nc(C(=O)Oc2ccc(-c3noc(C)n3)cc2)c2ccccc2c1=O. The predicted molar refractivity (Wildman–Crippen MR) is 101 cm³/mol. The minimum absolute atomic E-state index is 0.0925. The molecule has 0 aliphatic heterocycles. The lowest BCUT2D eigenvalue weighted by atomic mass is 10.1. The van der Waals surface area contributed by atoms with Crippen LogP contribution in [0.3, 0.4) is 0 Å². The molecule has 0 saturated carbocycles. The molecule has 0 aliphatic carbocycles. The number of esters is 1. The van der Waals surface area contributed by atoms with Crippen LogP contribution in [0.1, 0.15) is 23.3 Å². The first kappa shape index (κ1) is 17.6. The summed E-state index contributed by atoms with van der Waals surface area (Å²) in [5.74, 6) is 0.628.